The molecule has 1 atom stereocenters. The Hall–Kier alpha value is -1.06. The van der Waals surface area contributed by atoms with E-state index in [0.717, 1.165) is 32.4 Å². The molecule has 4 heteroatoms. The van der Waals surface area contributed by atoms with Gasteiger partial charge in [0.05, 0.1) is 0 Å². The van der Waals surface area contributed by atoms with Crippen LogP contribution in [0.5, 0.6) is 0 Å². The summed E-state index contributed by atoms with van der Waals surface area (Å²) in [4.78, 5) is 24.9. The molecule has 1 N–H and O–H groups in total. The van der Waals surface area contributed by atoms with Gasteiger partial charge in [-0.25, -0.2) is 0 Å². The van der Waals surface area contributed by atoms with Crippen molar-refractivity contribution >= 4 is 11.8 Å². The fourth-order valence-electron chi connectivity index (χ4n) is 2.19. The van der Waals surface area contributed by atoms with Crippen molar-refractivity contribution in [3.05, 3.63) is 0 Å². The second kappa shape index (κ2) is 3.98. The minimum atomic E-state index is -0.0538. The van der Waals surface area contributed by atoms with Gasteiger partial charge in [0.25, 0.3) is 0 Å². The molecular weight excluding hydrogens is 180 g/mol. The summed E-state index contributed by atoms with van der Waals surface area (Å²) >= 11 is 0. The molecule has 0 aromatic rings. The molecule has 2 aliphatic rings. The Morgan fingerprint density at radius 2 is 2.07 bits per heavy atom. The number of carbonyl (C=O) groups excluding carboxylic acids is 2. The topological polar surface area (TPSA) is 49.4 Å². The number of likely N-dealkylation sites (tertiary alicyclic amines) is 1. The van der Waals surface area contributed by atoms with Crippen LogP contribution in [-0.2, 0) is 9.59 Å². The maximum atomic E-state index is 11.9. The third-order valence-corrected chi connectivity index (χ3v) is 3.01. The van der Waals surface area contributed by atoms with E-state index in [4.69, 9.17) is 0 Å². The van der Waals surface area contributed by atoms with Crippen LogP contribution in [0.2, 0.25) is 0 Å². The zero-order valence-electron chi connectivity index (χ0n) is 8.29. The number of hydrogen-bond donors (Lipinski definition) is 1. The molecule has 2 rings (SSSR count). The van der Waals surface area contributed by atoms with Crippen molar-refractivity contribution in [1.82, 2.24) is 10.2 Å². The fraction of sp³-hybridized carbons (Fsp3) is 0.800. The third kappa shape index (κ3) is 1.89. The molecule has 4 nitrogen and oxygen atoms in total. The number of nitrogens with one attached hydrogen (secondary N) is 1. The van der Waals surface area contributed by atoms with Crippen molar-refractivity contribution in [3.63, 3.8) is 0 Å². The quantitative estimate of drug-likeness (QED) is 0.648. The van der Waals surface area contributed by atoms with Crippen LogP contribution in [0.1, 0.15) is 25.7 Å². The third-order valence-electron chi connectivity index (χ3n) is 3.01. The molecule has 2 heterocycles. The molecule has 0 aromatic carbocycles. The Kier molecular flexibility index (Phi) is 2.70. The molecule has 2 saturated heterocycles. The largest absolute Gasteiger partial charge is 0.356 e. The Balaban J connectivity index is 1.92. The van der Waals surface area contributed by atoms with Crippen LogP contribution in [0.15, 0.2) is 0 Å². The summed E-state index contributed by atoms with van der Waals surface area (Å²) in [7, 11) is 0. The molecule has 0 bridgehead atoms. The highest BCUT2D eigenvalue weighted by Crippen LogP contribution is 2.19. The van der Waals surface area contributed by atoms with Gasteiger partial charge in [0, 0.05) is 32.0 Å². The number of piperidine rings is 1. The van der Waals surface area contributed by atoms with Gasteiger partial charge >= 0.3 is 0 Å². The Labute approximate surface area is 83.6 Å². The normalized spacial score (nSPS) is 27.6. The van der Waals surface area contributed by atoms with Crippen LogP contribution in [0, 0.1) is 5.92 Å². The van der Waals surface area contributed by atoms with E-state index in [1.54, 1.807) is 0 Å². The first kappa shape index (κ1) is 9.49. The predicted octanol–water partition coefficient (Wildman–Crippen LogP) is 0.135. The zero-order chi connectivity index (χ0) is 9.97. The second-order valence-corrected chi connectivity index (χ2v) is 4.07. The monoisotopic (exact) mass is 196 g/mol. The van der Waals surface area contributed by atoms with Crippen molar-refractivity contribution in [2.45, 2.75) is 25.7 Å². The number of carbonyl (C=O) groups is 2. The summed E-state index contributed by atoms with van der Waals surface area (Å²) in [5.74, 6) is 0.160. The van der Waals surface area contributed by atoms with Gasteiger partial charge < -0.3 is 10.2 Å². The fourth-order valence-corrected chi connectivity index (χ4v) is 2.19. The van der Waals surface area contributed by atoms with E-state index in [9.17, 15) is 9.59 Å². The van der Waals surface area contributed by atoms with Crippen LogP contribution in [0.25, 0.3) is 0 Å². The molecule has 0 aromatic heterocycles. The highest BCUT2D eigenvalue weighted by molar-refractivity contribution is 5.87. The second-order valence-electron chi connectivity index (χ2n) is 4.07. The minimum Gasteiger partial charge on any atom is -0.356 e. The molecule has 78 valence electrons. The number of amides is 2. The summed E-state index contributed by atoms with van der Waals surface area (Å²) in [5, 5.41) is 2.75. The van der Waals surface area contributed by atoms with Crippen LogP contribution < -0.4 is 5.32 Å². The lowest BCUT2D eigenvalue weighted by atomic mass is 9.96. The Bertz CT molecular complexity index is 247. The lowest BCUT2D eigenvalue weighted by Gasteiger charge is -2.25. The molecular formula is C10H16N2O2. The van der Waals surface area contributed by atoms with E-state index in [1.165, 1.54) is 0 Å². The van der Waals surface area contributed by atoms with Gasteiger partial charge in [-0.2, -0.15) is 0 Å². The standard InChI is InChI=1S/C10H16N2O2/c13-9-7-8(3-4-11-9)10(14)12-5-1-2-6-12/h8H,1-7H2,(H,11,13). The lowest BCUT2D eigenvalue weighted by Crippen LogP contribution is -2.42. The lowest BCUT2D eigenvalue weighted by molar-refractivity contribution is -0.139. The van der Waals surface area contributed by atoms with Crippen LogP contribution >= 0.6 is 0 Å². The van der Waals surface area contributed by atoms with Crippen molar-refractivity contribution in [1.29, 1.82) is 0 Å². The van der Waals surface area contributed by atoms with Gasteiger partial charge in [0.1, 0.15) is 0 Å². The van der Waals surface area contributed by atoms with E-state index in [-0.39, 0.29) is 17.7 Å². The molecule has 14 heavy (non-hydrogen) atoms. The van der Waals surface area contributed by atoms with Gasteiger partial charge in [0.2, 0.25) is 11.8 Å². The summed E-state index contributed by atoms with van der Waals surface area (Å²) in [6, 6.07) is 0. The molecule has 1 unspecified atom stereocenters. The minimum absolute atomic E-state index is 0.0220. The van der Waals surface area contributed by atoms with E-state index in [0.29, 0.717) is 13.0 Å². The molecule has 0 aliphatic carbocycles. The average Bonchev–Trinajstić information content (AvgIpc) is 2.69. The zero-order valence-corrected chi connectivity index (χ0v) is 8.29. The van der Waals surface area contributed by atoms with Crippen LogP contribution in [0.4, 0.5) is 0 Å². The van der Waals surface area contributed by atoms with Crippen molar-refractivity contribution < 1.29 is 9.59 Å². The van der Waals surface area contributed by atoms with Gasteiger partial charge in [-0.15, -0.1) is 0 Å². The van der Waals surface area contributed by atoms with Gasteiger partial charge in [-0.3, -0.25) is 9.59 Å². The van der Waals surface area contributed by atoms with E-state index >= 15 is 0 Å². The number of nitrogens with zero attached hydrogens (tertiary/aromatic N) is 1. The van der Waals surface area contributed by atoms with Crippen molar-refractivity contribution in [2.24, 2.45) is 5.92 Å². The van der Waals surface area contributed by atoms with E-state index in [1.807, 2.05) is 4.90 Å². The predicted molar refractivity (Wildman–Crippen MR) is 51.5 cm³/mol. The number of hydrogen-bond acceptors (Lipinski definition) is 2. The Morgan fingerprint density at radius 1 is 1.36 bits per heavy atom. The van der Waals surface area contributed by atoms with Gasteiger partial charge in [-0.1, -0.05) is 0 Å². The maximum Gasteiger partial charge on any atom is 0.226 e. The summed E-state index contributed by atoms with van der Waals surface area (Å²) in [6.45, 7) is 2.43. The Morgan fingerprint density at radius 3 is 2.71 bits per heavy atom. The first-order valence-electron chi connectivity index (χ1n) is 5.33. The summed E-state index contributed by atoms with van der Waals surface area (Å²) in [5.41, 5.74) is 0. The molecule has 0 spiro atoms. The van der Waals surface area contributed by atoms with Crippen molar-refractivity contribution in [2.75, 3.05) is 19.6 Å². The van der Waals surface area contributed by atoms with E-state index < -0.39 is 0 Å². The highest BCUT2D eigenvalue weighted by atomic mass is 16.2. The summed E-state index contributed by atoms with van der Waals surface area (Å²) in [6.07, 6.45) is 3.42. The average molecular weight is 196 g/mol. The maximum absolute atomic E-state index is 11.9. The smallest absolute Gasteiger partial charge is 0.226 e. The SMILES string of the molecule is O=C1CC(C(=O)N2CCCC2)CCN1. The van der Waals surface area contributed by atoms with Gasteiger partial charge in [0.15, 0.2) is 0 Å². The molecule has 0 radical (unpaired) electrons. The van der Waals surface area contributed by atoms with Crippen LogP contribution in [0.3, 0.4) is 0 Å². The molecule has 2 fully saturated rings. The first-order valence-corrected chi connectivity index (χ1v) is 5.33. The molecule has 2 aliphatic heterocycles. The molecule has 0 saturated carbocycles. The van der Waals surface area contributed by atoms with Crippen LogP contribution in [-0.4, -0.2) is 36.3 Å². The van der Waals surface area contributed by atoms with E-state index in [2.05, 4.69) is 5.32 Å². The first-order chi connectivity index (χ1) is 6.77. The van der Waals surface area contributed by atoms with Gasteiger partial charge in [-0.05, 0) is 19.3 Å². The molecule has 2 amide bonds. The highest BCUT2D eigenvalue weighted by Gasteiger charge is 2.30. The number of rotatable bonds is 1. The van der Waals surface area contributed by atoms with Crippen molar-refractivity contribution in [3.8, 4) is 0 Å². The summed E-state index contributed by atoms with van der Waals surface area (Å²) < 4.78 is 0.